The van der Waals surface area contributed by atoms with Gasteiger partial charge in [-0.15, -0.1) is 22.7 Å². The van der Waals surface area contributed by atoms with E-state index < -0.39 is 0 Å². The number of nitrogens with zero attached hydrogens (tertiary/aromatic N) is 2. The Bertz CT molecular complexity index is 3700. The molecular formula is C55H36N2S2. The molecule has 0 aliphatic heterocycles. The van der Waals surface area contributed by atoms with Gasteiger partial charge in [-0.25, -0.2) is 0 Å². The van der Waals surface area contributed by atoms with Crippen LogP contribution in [0.15, 0.2) is 183 Å². The lowest BCUT2D eigenvalue weighted by Crippen LogP contribution is -1.96. The molecule has 0 radical (unpaired) electrons. The lowest BCUT2D eigenvalue weighted by atomic mass is 9.99. The van der Waals surface area contributed by atoms with Gasteiger partial charge in [0.05, 0.1) is 22.1 Å². The fraction of sp³-hybridized carbons (Fsp3) is 0.0182. The normalized spacial score (nSPS) is 12.3. The summed E-state index contributed by atoms with van der Waals surface area (Å²) >= 11 is 3.70. The third-order valence-electron chi connectivity index (χ3n) is 12.0. The van der Waals surface area contributed by atoms with Crippen molar-refractivity contribution in [2.45, 2.75) is 6.92 Å². The molecule has 4 heteroatoms. The van der Waals surface area contributed by atoms with E-state index in [1.54, 1.807) is 0 Å². The van der Waals surface area contributed by atoms with Gasteiger partial charge in [0.15, 0.2) is 0 Å². The van der Waals surface area contributed by atoms with Crippen molar-refractivity contribution in [1.29, 1.82) is 0 Å². The molecule has 2 nitrogen and oxygen atoms in total. The van der Waals surface area contributed by atoms with Crippen LogP contribution >= 0.6 is 22.7 Å². The summed E-state index contributed by atoms with van der Waals surface area (Å²) in [5, 5.41) is 8.84. The van der Waals surface area contributed by atoms with Gasteiger partial charge in [0.25, 0.3) is 0 Å². The quantitative estimate of drug-likeness (QED) is 0.159. The molecule has 4 heterocycles. The van der Waals surface area contributed by atoms with Crippen LogP contribution in [-0.2, 0) is 0 Å². The van der Waals surface area contributed by atoms with E-state index in [2.05, 4.69) is 205 Å². The smallest absolute Gasteiger partial charge is 0.0619 e. The molecule has 0 amide bonds. The van der Waals surface area contributed by atoms with Crippen LogP contribution in [-0.4, -0.2) is 9.13 Å². The van der Waals surface area contributed by atoms with E-state index in [-0.39, 0.29) is 0 Å². The van der Waals surface area contributed by atoms with Gasteiger partial charge in [-0.1, -0.05) is 128 Å². The Morgan fingerprint density at radius 1 is 0.492 bits per heavy atom. The average molecular weight is 789 g/mol. The molecule has 8 aromatic carbocycles. The summed E-state index contributed by atoms with van der Waals surface area (Å²) in [6.45, 7) is 6.47. The number of hydrogen-bond donors (Lipinski definition) is 0. The molecule has 0 N–H and O–H groups in total. The van der Waals surface area contributed by atoms with Crippen molar-refractivity contribution in [3.8, 4) is 22.5 Å². The van der Waals surface area contributed by atoms with Crippen LogP contribution in [0.1, 0.15) is 22.9 Å². The summed E-state index contributed by atoms with van der Waals surface area (Å²) in [7, 11) is 0. The van der Waals surface area contributed by atoms with Crippen LogP contribution < -0.4 is 0 Å². The molecule has 0 aliphatic carbocycles. The number of hydrogen-bond acceptors (Lipinski definition) is 2. The van der Waals surface area contributed by atoms with E-state index in [0.717, 1.165) is 11.4 Å². The Morgan fingerprint density at radius 2 is 1.12 bits per heavy atom. The van der Waals surface area contributed by atoms with E-state index in [4.69, 9.17) is 0 Å². The molecule has 12 aromatic rings. The maximum atomic E-state index is 4.20. The van der Waals surface area contributed by atoms with Gasteiger partial charge < -0.3 is 9.13 Å². The van der Waals surface area contributed by atoms with Crippen molar-refractivity contribution < 1.29 is 0 Å². The predicted octanol–water partition coefficient (Wildman–Crippen LogP) is 16.3. The highest BCUT2D eigenvalue weighted by Gasteiger charge is 2.21. The number of rotatable bonds is 6. The minimum atomic E-state index is 1.16. The van der Waals surface area contributed by atoms with Crippen molar-refractivity contribution in [1.82, 2.24) is 9.13 Å². The van der Waals surface area contributed by atoms with Crippen LogP contribution in [0.2, 0.25) is 0 Å². The van der Waals surface area contributed by atoms with E-state index >= 15 is 0 Å². The van der Waals surface area contributed by atoms with Crippen LogP contribution in [0, 0.1) is 0 Å². The molecule has 0 spiro atoms. The first kappa shape index (κ1) is 34.1. The number of aromatic nitrogens is 2. The second kappa shape index (κ2) is 13.3. The third kappa shape index (κ3) is 5.17. The summed E-state index contributed by atoms with van der Waals surface area (Å²) < 4.78 is 8.81. The van der Waals surface area contributed by atoms with E-state index in [1.165, 1.54) is 107 Å². The average Bonchev–Trinajstić information content (AvgIpc) is 4.04. The monoisotopic (exact) mass is 788 g/mol. The fourth-order valence-corrected chi connectivity index (χ4v) is 11.7. The highest BCUT2D eigenvalue weighted by atomic mass is 32.1. The molecule has 0 fully saturated rings. The first-order valence-corrected chi connectivity index (χ1v) is 21.7. The SMILES string of the molecule is C=Cc1sc2ccccc2c1/C=C(\C)c1cc(-n2c3ccccc3c3cc(-c4cccc5c6ccccc6n(-c6ccccc6)c45)ccc32)cc2c1sc1ccccc12. The molecule has 0 bridgehead atoms. The molecule has 278 valence electrons. The standard InChI is InChI=1S/C55H36N2S2/c1-3-51-46(41-20-9-13-26-52(41)58-51)30-34(2)44-32-37(33-47-42-21-10-14-27-53(42)59-55(44)47)56-48-24-11-8-19-40(48)45-31-35(28-29-50(45)56)38-22-15-23-43-39-18-7-12-25-49(39)57(54(38)43)36-16-5-4-6-17-36/h3-33H,1H2,2H3/b34-30+. The summed E-state index contributed by atoms with van der Waals surface area (Å²) in [5.74, 6) is 0. The van der Waals surface area contributed by atoms with Crippen LogP contribution in [0.4, 0.5) is 0 Å². The highest BCUT2D eigenvalue weighted by Crippen LogP contribution is 2.45. The lowest BCUT2D eigenvalue weighted by Gasteiger charge is -2.14. The summed E-state index contributed by atoms with van der Waals surface area (Å²) in [5.41, 5.74) is 13.3. The zero-order valence-corrected chi connectivity index (χ0v) is 33.9. The Labute approximate surface area is 349 Å². The van der Waals surface area contributed by atoms with E-state index in [9.17, 15) is 0 Å². The van der Waals surface area contributed by atoms with Gasteiger partial charge in [0.2, 0.25) is 0 Å². The molecule has 0 unspecified atom stereocenters. The van der Waals surface area contributed by atoms with Crippen molar-refractivity contribution in [2.75, 3.05) is 0 Å². The Balaban J connectivity index is 1.11. The molecule has 4 aromatic heterocycles. The minimum absolute atomic E-state index is 1.16. The van der Waals surface area contributed by atoms with Crippen LogP contribution in [0.3, 0.4) is 0 Å². The number of benzene rings is 8. The molecule has 59 heavy (non-hydrogen) atoms. The Hall–Kier alpha value is -6.98. The summed E-state index contributed by atoms with van der Waals surface area (Å²) in [4.78, 5) is 1.20. The predicted molar refractivity (Wildman–Crippen MR) is 259 cm³/mol. The second-order valence-electron chi connectivity index (χ2n) is 15.4. The van der Waals surface area contributed by atoms with Crippen molar-refractivity contribution in [2.24, 2.45) is 0 Å². The second-order valence-corrected chi connectivity index (χ2v) is 17.5. The van der Waals surface area contributed by atoms with Crippen molar-refractivity contribution in [3.63, 3.8) is 0 Å². The van der Waals surface area contributed by atoms with Gasteiger partial charge in [-0.2, -0.15) is 0 Å². The minimum Gasteiger partial charge on any atom is -0.309 e. The number of para-hydroxylation sites is 4. The van der Waals surface area contributed by atoms with Crippen LogP contribution in [0.25, 0.3) is 114 Å². The van der Waals surface area contributed by atoms with Crippen molar-refractivity contribution in [3.05, 3.63) is 199 Å². The Morgan fingerprint density at radius 3 is 1.90 bits per heavy atom. The zero-order chi connectivity index (χ0) is 39.2. The first-order valence-electron chi connectivity index (χ1n) is 20.0. The van der Waals surface area contributed by atoms with Gasteiger partial charge in [-0.05, 0) is 90.4 Å². The molecule has 0 aliphatic rings. The topological polar surface area (TPSA) is 9.86 Å². The summed E-state index contributed by atoms with van der Waals surface area (Å²) in [6.07, 6.45) is 4.38. The molecule has 0 saturated carbocycles. The third-order valence-corrected chi connectivity index (χ3v) is 14.4. The summed E-state index contributed by atoms with van der Waals surface area (Å²) in [6, 6.07) is 64.6. The van der Waals surface area contributed by atoms with Crippen molar-refractivity contribution >= 4 is 114 Å². The highest BCUT2D eigenvalue weighted by molar-refractivity contribution is 7.26. The van der Waals surface area contributed by atoms with Gasteiger partial charge in [0, 0.05) is 79.2 Å². The van der Waals surface area contributed by atoms with Gasteiger partial charge in [-0.3, -0.25) is 0 Å². The largest absolute Gasteiger partial charge is 0.309 e. The van der Waals surface area contributed by atoms with Gasteiger partial charge >= 0.3 is 0 Å². The first-order chi connectivity index (χ1) is 29.1. The lowest BCUT2D eigenvalue weighted by molar-refractivity contribution is 1.18. The van der Waals surface area contributed by atoms with Gasteiger partial charge in [0.1, 0.15) is 0 Å². The zero-order valence-electron chi connectivity index (χ0n) is 32.3. The van der Waals surface area contributed by atoms with Crippen LogP contribution in [0.5, 0.6) is 0 Å². The molecule has 0 saturated heterocycles. The number of allylic oxidation sites excluding steroid dienone is 1. The molecule has 12 rings (SSSR count). The molecular weight excluding hydrogens is 753 g/mol. The van der Waals surface area contributed by atoms with E-state index in [1.807, 2.05) is 28.7 Å². The molecule has 0 atom stereocenters. The number of thiophene rings is 2. The number of fused-ring (bicyclic) bond motifs is 10. The maximum Gasteiger partial charge on any atom is 0.0619 e. The maximum absolute atomic E-state index is 4.20. The Kier molecular flexibility index (Phi) is 7.68. The van der Waals surface area contributed by atoms with E-state index in [0.29, 0.717) is 0 Å². The fourth-order valence-electron chi connectivity index (χ4n) is 9.43.